The summed E-state index contributed by atoms with van der Waals surface area (Å²) in [5.74, 6) is -0.967. The third kappa shape index (κ3) is 5.04. The second-order valence-electron chi connectivity index (χ2n) is 6.24. The van der Waals surface area contributed by atoms with Gasteiger partial charge in [-0.3, -0.25) is 9.59 Å². The quantitative estimate of drug-likeness (QED) is 0.684. The number of esters is 1. The molecule has 25 heavy (non-hydrogen) atoms. The van der Waals surface area contributed by atoms with Crippen LogP contribution in [-0.2, 0) is 27.2 Å². The minimum Gasteiger partial charge on any atom is -0.481 e. The van der Waals surface area contributed by atoms with Crippen molar-refractivity contribution >= 4 is 34.2 Å². The summed E-state index contributed by atoms with van der Waals surface area (Å²) in [7, 11) is 0. The number of ether oxygens (including phenoxy) is 1. The van der Waals surface area contributed by atoms with Crippen molar-refractivity contribution in [1.82, 2.24) is 0 Å². The summed E-state index contributed by atoms with van der Waals surface area (Å²) in [6.45, 7) is 4.21. The SMILES string of the molecule is CCOC(=O)c1c(NC(=O)CCCC(=O)O)sc2c1CCC(CC)C2. The van der Waals surface area contributed by atoms with E-state index in [0.717, 1.165) is 36.1 Å². The van der Waals surface area contributed by atoms with Crippen molar-refractivity contribution in [3.05, 3.63) is 16.0 Å². The van der Waals surface area contributed by atoms with Gasteiger partial charge in [-0.2, -0.15) is 0 Å². The molecule has 0 aromatic carbocycles. The van der Waals surface area contributed by atoms with Crippen molar-refractivity contribution in [2.45, 2.75) is 58.8 Å². The van der Waals surface area contributed by atoms with Crippen LogP contribution < -0.4 is 5.32 Å². The maximum Gasteiger partial charge on any atom is 0.341 e. The molecule has 7 heteroatoms. The molecule has 0 fully saturated rings. The Morgan fingerprint density at radius 1 is 1.28 bits per heavy atom. The highest BCUT2D eigenvalue weighted by Crippen LogP contribution is 2.40. The molecule has 1 aliphatic rings. The van der Waals surface area contributed by atoms with E-state index in [-0.39, 0.29) is 31.8 Å². The molecule has 2 N–H and O–H groups in total. The van der Waals surface area contributed by atoms with E-state index in [9.17, 15) is 14.4 Å². The van der Waals surface area contributed by atoms with Crippen molar-refractivity contribution in [3.8, 4) is 0 Å². The molecule has 1 aromatic rings. The van der Waals surface area contributed by atoms with Crippen molar-refractivity contribution < 1.29 is 24.2 Å². The Balaban J connectivity index is 2.18. The smallest absolute Gasteiger partial charge is 0.341 e. The summed E-state index contributed by atoms with van der Waals surface area (Å²) in [4.78, 5) is 36.2. The predicted molar refractivity (Wildman–Crippen MR) is 96.2 cm³/mol. The Hall–Kier alpha value is -1.89. The number of rotatable bonds is 8. The van der Waals surface area contributed by atoms with E-state index in [1.54, 1.807) is 6.92 Å². The zero-order valence-corrected chi connectivity index (χ0v) is 15.5. The van der Waals surface area contributed by atoms with Gasteiger partial charge in [0.05, 0.1) is 12.2 Å². The molecule has 0 spiro atoms. The lowest BCUT2D eigenvalue weighted by Gasteiger charge is -2.20. The molecule has 0 radical (unpaired) electrons. The summed E-state index contributed by atoms with van der Waals surface area (Å²) in [6, 6.07) is 0. The molecule has 0 aliphatic heterocycles. The summed E-state index contributed by atoms with van der Waals surface area (Å²) < 4.78 is 5.18. The Morgan fingerprint density at radius 2 is 2.04 bits per heavy atom. The van der Waals surface area contributed by atoms with E-state index in [1.165, 1.54) is 11.3 Å². The van der Waals surface area contributed by atoms with Gasteiger partial charge in [-0.1, -0.05) is 13.3 Å². The normalized spacial score (nSPS) is 16.2. The maximum absolute atomic E-state index is 12.4. The highest BCUT2D eigenvalue weighted by atomic mass is 32.1. The van der Waals surface area contributed by atoms with Crippen LogP contribution in [0.2, 0.25) is 0 Å². The van der Waals surface area contributed by atoms with Crippen LogP contribution in [0.1, 0.15) is 66.8 Å². The number of hydrogen-bond donors (Lipinski definition) is 2. The van der Waals surface area contributed by atoms with Gasteiger partial charge in [-0.15, -0.1) is 11.3 Å². The molecule has 1 atom stereocenters. The van der Waals surface area contributed by atoms with E-state index in [0.29, 0.717) is 16.5 Å². The van der Waals surface area contributed by atoms with Gasteiger partial charge in [-0.05, 0) is 44.1 Å². The highest BCUT2D eigenvalue weighted by Gasteiger charge is 2.29. The molecule has 1 aliphatic carbocycles. The van der Waals surface area contributed by atoms with Gasteiger partial charge in [-0.25, -0.2) is 4.79 Å². The van der Waals surface area contributed by atoms with Crippen LogP contribution >= 0.6 is 11.3 Å². The summed E-state index contributed by atoms with van der Waals surface area (Å²) in [5, 5.41) is 12.0. The van der Waals surface area contributed by atoms with Crippen LogP contribution in [0.4, 0.5) is 5.00 Å². The Morgan fingerprint density at radius 3 is 2.68 bits per heavy atom. The molecule has 6 nitrogen and oxygen atoms in total. The topological polar surface area (TPSA) is 92.7 Å². The zero-order valence-electron chi connectivity index (χ0n) is 14.7. The molecular formula is C18H25NO5S. The summed E-state index contributed by atoms with van der Waals surface area (Å²) in [6.07, 6.45) is 4.25. The lowest BCUT2D eigenvalue weighted by atomic mass is 9.85. The molecule has 1 heterocycles. The number of hydrogen-bond acceptors (Lipinski definition) is 5. The Bertz CT molecular complexity index is 652. The number of aliphatic carboxylic acids is 1. The second kappa shape index (κ2) is 8.99. The largest absolute Gasteiger partial charge is 0.481 e. The predicted octanol–water partition coefficient (Wildman–Crippen LogP) is 3.63. The fraction of sp³-hybridized carbons (Fsp3) is 0.611. The van der Waals surface area contributed by atoms with Crippen LogP contribution in [0.3, 0.4) is 0 Å². The van der Waals surface area contributed by atoms with Gasteiger partial charge in [0.1, 0.15) is 5.00 Å². The summed E-state index contributed by atoms with van der Waals surface area (Å²) in [5.41, 5.74) is 1.50. The number of amides is 1. The Kier molecular flexibility index (Phi) is 6.99. The number of thiophene rings is 1. The van der Waals surface area contributed by atoms with Crippen molar-refractivity contribution in [3.63, 3.8) is 0 Å². The average Bonchev–Trinajstić information content (AvgIpc) is 2.91. The van der Waals surface area contributed by atoms with E-state index < -0.39 is 11.9 Å². The number of nitrogens with one attached hydrogen (secondary N) is 1. The standard InChI is InChI=1S/C18H25NO5S/c1-3-11-8-9-12-13(10-11)25-17(16(12)18(23)24-4-2)19-14(20)6-5-7-15(21)22/h11H,3-10H2,1-2H3,(H,19,20)(H,21,22). The number of carbonyl (C=O) groups excluding carboxylic acids is 2. The number of anilines is 1. The Labute approximate surface area is 151 Å². The van der Waals surface area contributed by atoms with Gasteiger partial charge in [0, 0.05) is 17.7 Å². The first kappa shape index (κ1) is 19.4. The molecule has 138 valence electrons. The minimum atomic E-state index is -0.919. The number of fused-ring (bicyclic) bond motifs is 1. The minimum absolute atomic E-state index is 0.0444. The molecule has 0 saturated heterocycles. The molecule has 1 aromatic heterocycles. The monoisotopic (exact) mass is 367 g/mol. The molecule has 1 amide bonds. The zero-order chi connectivity index (χ0) is 18.4. The molecule has 0 saturated carbocycles. The third-order valence-electron chi connectivity index (χ3n) is 4.47. The third-order valence-corrected chi connectivity index (χ3v) is 5.64. The lowest BCUT2D eigenvalue weighted by molar-refractivity contribution is -0.137. The van der Waals surface area contributed by atoms with Gasteiger partial charge >= 0.3 is 11.9 Å². The summed E-state index contributed by atoms with van der Waals surface area (Å²) >= 11 is 1.45. The first-order valence-corrected chi connectivity index (χ1v) is 9.61. The van der Waals surface area contributed by atoms with Crippen molar-refractivity contribution in [2.24, 2.45) is 5.92 Å². The number of carboxylic acid groups (broad SMARTS) is 1. The molecule has 1 unspecified atom stereocenters. The molecule has 0 bridgehead atoms. The van der Waals surface area contributed by atoms with Crippen LogP contribution in [-0.4, -0.2) is 29.6 Å². The maximum atomic E-state index is 12.4. The first-order valence-electron chi connectivity index (χ1n) is 8.79. The van der Waals surface area contributed by atoms with Crippen LogP contribution in [0, 0.1) is 5.92 Å². The van der Waals surface area contributed by atoms with Crippen LogP contribution in [0.5, 0.6) is 0 Å². The van der Waals surface area contributed by atoms with Crippen LogP contribution in [0.15, 0.2) is 0 Å². The second-order valence-corrected chi connectivity index (χ2v) is 7.35. The lowest BCUT2D eigenvalue weighted by Crippen LogP contribution is -2.17. The van der Waals surface area contributed by atoms with Crippen molar-refractivity contribution in [2.75, 3.05) is 11.9 Å². The van der Waals surface area contributed by atoms with Gasteiger partial charge in [0.2, 0.25) is 5.91 Å². The van der Waals surface area contributed by atoms with E-state index in [2.05, 4.69) is 12.2 Å². The van der Waals surface area contributed by atoms with Gasteiger partial charge < -0.3 is 15.2 Å². The fourth-order valence-corrected chi connectivity index (χ4v) is 4.47. The van der Waals surface area contributed by atoms with E-state index >= 15 is 0 Å². The number of carboxylic acids is 1. The fourth-order valence-electron chi connectivity index (χ4n) is 3.10. The number of carbonyl (C=O) groups is 3. The van der Waals surface area contributed by atoms with Crippen LogP contribution in [0.25, 0.3) is 0 Å². The van der Waals surface area contributed by atoms with Crippen molar-refractivity contribution in [1.29, 1.82) is 0 Å². The van der Waals surface area contributed by atoms with Gasteiger partial charge in [0.15, 0.2) is 0 Å². The first-order chi connectivity index (χ1) is 12.0. The average molecular weight is 367 g/mol. The van der Waals surface area contributed by atoms with Gasteiger partial charge in [0.25, 0.3) is 0 Å². The molecule has 2 rings (SSSR count). The molecular weight excluding hydrogens is 342 g/mol. The highest BCUT2D eigenvalue weighted by molar-refractivity contribution is 7.17. The van der Waals surface area contributed by atoms with E-state index in [1.807, 2.05) is 0 Å². The van der Waals surface area contributed by atoms with E-state index in [4.69, 9.17) is 9.84 Å².